The molecule has 5 heteroatoms. The van der Waals surface area contributed by atoms with Crippen LogP contribution in [0.3, 0.4) is 0 Å². The molecule has 0 spiro atoms. The highest BCUT2D eigenvalue weighted by Gasteiger charge is 2.47. The zero-order valence-corrected chi connectivity index (χ0v) is 9.71. The first-order valence-electron chi connectivity index (χ1n) is 6.27. The summed E-state index contributed by atoms with van der Waals surface area (Å²) in [6.07, 6.45) is 10.5. The minimum atomic E-state index is -1.51. The first kappa shape index (κ1) is 11.3. The third kappa shape index (κ3) is 2.56. The molecule has 0 saturated heterocycles. The monoisotopic (exact) mass is 236 g/mol. The van der Waals surface area contributed by atoms with E-state index in [-0.39, 0.29) is 6.10 Å². The van der Waals surface area contributed by atoms with Crippen molar-refractivity contribution in [1.29, 1.82) is 0 Å². The van der Waals surface area contributed by atoms with Crippen LogP contribution in [0.4, 0.5) is 0 Å². The van der Waals surface area contributed by atoms with Gasteiger partial charge in [0.25, 0.3) is 0 Å². The maximum absolute atomic E-state index is 9.57. The van der Waals surface area contributed by atoms with Crippen molar-refractivity contribution in [3.63, 3.8) is 0 Å². The first-order chi connectivity index (χ1) is 8.18. The Bertz CT molecular complexity index is 358. The molecule has 3 rings (SSSR count). The Balaban J connectivity index is 1.70. The Morgan fingerprint density at radius 2 is 1.88 bits per heavy atom. The molecule has 0 amide bonds. The molecule has 92 valence electrons. The fraction of sp³-hybridized carbons (Fsp3) is 0.667. The molecule has 0 heterocycles. The second kappa shape index (κ2) is 4.16. The number of allylic oxidation sites excluding steroid dienone is 2. The van der Waals surface area contributed by atoms with E-state index >= 15 is 0 Å². The molecule has 2 fully saturated rings. The highest BCUT2D eigenvalue weighted by Crippen LogP contribution is 2.38. The van der Waals surface area contributed by atoms with Crippen molar-refractivity contribution in [2.45, 2.75) is 49.8 Å². The third-order valence-corrected chi connectivity index (χ3v) is 3.30. The van der Waals surface area contributed by atoms with Crippen LogP contribution in [0, 0.1) is 0 Å². The van der Waals surface area contributed by atoms with Gasteiger partial charge in [0, 0.05) is 6.42 Å². The number of ether oxygens (including phenoxy) is 2. The van der Waals surface area contributed by atoms with Crippen molar-refractivity contribution < 1.29 is 19.5 Å². The maximum atomic E-state index is 9.57. The average molecular weight is 236 g/mol. The van der Waals surface area contributed by atoms with E-state index in [0.717, 1.165) is 31.4 Å². The summed E-state index contributed by atoms with van der Waals surface area (Å²) in [6, 6.07) is 0. The van der Waals surface area contributed by atoms with Gasteiger partial charge in [0.2, 0.25) is 0 Å². The standard InChI is InChI=1S/C12H17BO4/c14-13(15)12(17-10-5-6-10)7-1-2-11(8-12)16-9-3-4-9/h1-2,7,9-10,14-15H,3-6,8H2. The van der Waals surface area contributed by atoms with Gasteiger partial charge >= 0.3 is 7.12 Å². The average Bonchev–Trinajstić information content (AvgIpc) is 3.14. The topological polar surface area (TPSA) is 58.9 Å². The van der Waals surface area contributed by atoms with E-state index < -0.39 is 12.6 Å². The molecule has 0 radical (unpaired) electrons. The molecular weight excluding hydrogens is 219 g/mol. The SMILES string of the molecule is OB(O)C1(OC2CC2)C=CC=C(OC2CC2)C1. The Morgan fingerprint density at radius 3 is 2.47 bits per heavy atom. The second-order valence-electron chi connectivity index (χ2n) is 5.13. The lowest BCUT2D eigenvalue weighted by Gasteiger charge is -2.32. The summed E-state index contributed by atoms with van der Waals surface area (Å²) in [5, 5.41) is 19.1. The lowest BCUT2D eigenvalue weighted by molar-refractivity contribution is 0.000831. The minimum absolute atomic E-state index is 0.168. The summed E-state index contributed by atoms with van der Waals surface area (Å²) in [4.78, 5) is 0. The van der Waals surface area contributed by atoms with Gasteiger partial charge in [-0.05, 0) is 31.8 Å². The fourth-order valence-electron chi connectivity index (χ4n) is 2.00. The normalized spacial score (nSPS) is 32.2. The van der Waals surface area contributed by atoms with Crippen molar-refractivity contribution >= 4 is 7.12 Å². The van der Waals surface area contributed by atoms with E-state index in [0.29, 0.717) is 12.5 Å². The van der Waals surface area contributed by atoms with Crippen molar-refractivity contribution in [3.8, 4) is 0 Å². The Kier molecular flexibility index (Phi) is 2.77. The van der Waals surface area contributed by atoms with Crippen molar-refractivity contribution in [3.05, 3.63) is 24.0 Å². The molecule has 0 bridgehead atoms. The van der Waals surface area contributed by atoms with Gasteiger partial charge in [-0.15, -0.1) is 0 Å². The summed E-state index contributed by atoms with van der Waals surface area (Å²) in [6.45, 7) is 0. The van der Waals surface area contributed by atoms with E-state index in [9.17, 15) is 10.0 Å². The van der Waals surface area contributed by atoms with E-state index in [1.807, 2.05) is 6.08 Å². The van der Waals surface area contributed by atoms with Crippen LogP contribution < -0.4 is 0 Å². The number of hydrogen-bond donors (Lipinski definition) is 2. The zero-order chi connectivity index (χ0) is 11.9. The first-order valence-corrected chi connectivity index (χ1v) is 6.27. The van der Waals surface area contributed by atoms with Gasteiger partial charge in [0.1, 0.15) is 5.50 Å². The van der Waals surface area contributed by atoms with Crippen molar-refractivity contribution in [2.24, 2.45) is 0 Å². The van der Waals surface area contributed by atoms with E-state index in [1.165, 1.54) is 0 Å². The zero-order valence-electron chi connectivity index (χ0n) is 9.71. The Hall–Kier alpha value is -0.775. The van der Waals surface area contributed by atoms with E-state index in [4.69, 9.17) is 9.47 Å². The maximum Gasteiger partial charge on any atom is 0.490 e. The van der Waals surface area contributed by atoms with Crippen LogP contribution in [0.5, 0.6) is 0 Å². The van der Waals surface area contributed by atoms with Crippen molar-refractivity contribution in [2.75, 3.05) is 0 Å². The predicted molar refractivity (Wildman–Crippen MR) is 63.0 cm³/mol. The molecular formula is C12H17BO4. The molecule has 0 aromatic rings. The quantitative estimate of drug-likeness (QED) is 0.697. The number of hydrogen-bond acceptors (Lipinski definition) is 4. The van der Waals surface area contributed by atoms with Crippen LogP contribution in [0.15, 0.2) is 24.0 Å². The largest absolute Gasteiger partial charge is 0.495 e. The molecule has 0 aromatic carbocycles. The van der Waals surface area contributed by atoms with Gasteiger partial charge < -0.3 is 19.5 Å². The van der Waals surface area contributed by atoms with Crippen LogP contribution in [0.1, 0.15) is 32.1 Å². The minimum Gasteiger partial charge on any atom is -0.495 e. The number of rotatable bonds is 5. The molecule has 0 aromatic heterocycles. The molecule has 1 atom stereocenters. The van der Waals surface area contributed by atoms with Gasteiger partial charge in [-0.3, -0.25) is 0 Å². The van der Waals surface area contributed by atoms with Crippen LogP contribution >= 0.6 is 0 Å². The Morgan fingerprint density at radius 1 is 1.18 bits per heavy atom. The summed E-state index contributed by atoms with van der Waals surface area (Å²) in [5.41, 5.74) is -1.01. The predicted octanol–water partition coefficient (Wildman–Crippen LogP) is 0.939. The van der Waals surface area contributed by atoms with Crippen LogP contribution in [0.2, 0.25) is 0 Å². The van der Waals surface area contributed by atoms with E-state index in [2.05, 4.69) is 0 Å². The molecule has 1 unspecified atom stereocenters. The van der Waals surface area contributed by atoms with Crippen molar-refractivity contribution in [1.82, 2.24) is 0 Å². The second-order valence-corrected chi connectivity index (χ2v) is 5.13. The van der Waals surface area contributed by atoms with Crippen LogP contribution in [-0.4, -0.2) is 34.9 Å². The smallest absolute Gasteiger partial charge is 0.490 e. The van der Waals surface area contributed by atoms with Gasteiger partial charge in [-0.1, -0.05) is 12.2 Å². The molecule has 0 aliphatic heterocycles. The molecule has 2 N–H and O–H groups in total. The third-order valence-electron chi connectivity index (χ3n) is 3.30. The molecule has 4 nitrogen and oxygen atoms in total. The molecule has 2 saturated carbocycles. The van der Waals surface area contributed by atoms with Gasteiger partial charge in [0.15, 0.2) is 0 Å². The summed E-state index contributed by atoms with van der Waals surface area (Å²) in [7, 11) is -1.51. The molecule has 3 aliphatic rings. The lowest BCUT2D eigenvalue weighted by Crippen LogP contribution is -2.49. The van der Waals surface area contributed by atoms with E-state index in [1.54, 1.807) is 12.2 Å². The highest BCUT2D eigenvalue weighted by molar-refractivity contribution is 6.46. The molecule has 3 aliphatic carbocycles. The lowest BCUT2D eigenvalue weighted by atomic mass is 9.64. The Labute approximate surface area is 101 Å². The molecule has 17 heavy (non-hydrogen) atoms. The fourth-order valence-corrected chi connectivity index (χ4v) is 2.00. The van der Waals surface area contributed by atoms with Crippen LogP contribution in [0.25, 0.3) is 0 Å². The summed E-state index contributed by atoms with van der Waals surface area (Å²) >= 11 is 0. The van der Waals surface area contributed by atoms with Gasteiger partial charge in [-0.25, -0.2) is 0 Å². The van der Waals surface area contributed by atoms with Gasteiger partial charge in [0.05, 0.1) is 18.0 Å². The summed E-state index contributed by atoms with van der Waals surface area (Å²) in [5.74, 6) is 0.795. The highest BCUT2D eigenvalue weighted by atomic mass is 16.5. The summed E-state index contributed by atoms with van der Waals surface area (Å²) < 4.78 is 11.5. The van der Waals surface area contributed by atoms with Crippen LogP contribution in [-0.2, 0) is 9.47 Å². The van der Waals surface area contributed by atoms with Gasteiger partial charge in [-0.2, -0.15) is 0 Å².